The first-order chi connectivity index (χ1) is 13.6. The van der Waals surface area contributed by atoms with Crippen LogP contribution in [-0.2, 0) is 22.9 Å². The van der Waals surface area contributed by atoms with Gasteiger partial charge in [0.25, 0.3) is 5.91 Å². The molecule has 0 aliphatic heterocycles. The molecule has 29 heavy (non-hydrogen) atoms. The molecule has 0 fully saturated rings. The maximum atomic E-state index is 12.7. The molecule has 158 valence electrons. The van der Waals surface area contributed by atoms with Gasteiger partial charge in [0.15, 0.2) is 5.78 Å². The first kappa shape index (κ1) is 22.6. The summed E-state index contributed by atoms with van der Waals surface area (Å²) >= 11 is 0. The minimum atomic E-state index is -3.92. The summed E-state index contributed by atoms with van der Waals surface area (Å²) in [6.07, 6.45) is 1.83. The fourth-order valence-electron chi connectivity index (χ4n) is 3.35. The van der Waals surface area contributed by atoms with E-state index < -0.39 is 10.0 Å². The zero-order valence-corrected chi connectivity index (χ0v) is 17.9. The summed E-state index contributed by atoms with van der Waals surface area (Å²) in [5.74, 6) is -0.206. The molecule has 1 aromatic carbocycles. The van der Waals surface area contributed by atoms with Crippen molar-refractivity contribution in [2.45, 2.75) is 44.9 Å². The number of aromatic amines is 1. The van der Waals surface area contributed by atoms with Crippen LogP contribution in [-0.4, -0.2) is 38.7 Å². The van der Waals surface area contributed by atoms with Gasteiger partial charge in [-0.1, -0.05) is 19.4 Å². The Bertz CT molecular complexity index is 1020. The van der Waals surface area contributed by atoms with Gasteiger partial charge in [0.1, 0.15) is 16.3 Å². The maximum Gasteiger partial charge on any atom is 0.268 e. The third-order valence-electron chi connectivity index (χ3n) is 4.60. The molecule has 8 nitrogen and oxygen atoms in total. The molecule has 4 N–H and O–H groups in total. The van der Waals surface area contributed by atoms with E-state index in [-0.39, 0.29) is 28.9 Å². The number of carbonyl (C=O) groups is 2. The quantitative estimate of drug-likeness (QED) is 0.534. The zero-order valence-electron chi connectivity index (χ0n) is 17.1. The van der Waals surface area contributed by atoms with Crippen molar-refractivity contribution in [3.63, 3.8) is 0 Å². The van der Waals surface area contributed by atoms with E-state index in [1.165, 1.54) is 26.2 Å². The lowest BCUT2D eigenvalue weighted by Gasteiger charge is -2.10. The van der Waals surface area contributed by atoms with Gasteiger partial charge >= 0.3 is 0 Å². The highest BCUT2D eigenvalue weighted by molar-refractivity contribution is 7.89. The molecule has 0 spiro atoms. The topological polar surface area (TPSA) is 131 Å². The molecule has 0 unspecified atom stereocenters. The maximum absolute atomic E-state index is 12.7. The first-order valence-corrected chi connectivity index (χ1v) is 10.8. The number of amides is 1. The van der Waals surface area contributed by atoms with Crippen LogP contribution in [0.2, 0.25) is 0 Å². The van der Waals surface area contributed by atoms with Crippen molar-refractivity contribution in [2.24, 2.45) is 5.14 Å². The first-order valence-electron chi connectivity index (χ1n) is 9.30. The number of ketones is 1. The van der Waals surface area contributed by atoms with Crippen molar-refractivity contribution < 1.29 is 22.7 Å². The predicted molar refractivity (Wildman–Crippen MR) is 110 cm³/mol. The number of hydrogen-bond acceptors (Lipinski definition) is 5. The molecule has 9 heteroatoms. The SMILES string of the molecule is CCCc1c(C(=O)NCCc2ccc(OC)c(S(N)(=O)=O)c2)[nH]c(C)c1C(C)=O. The van der Waals surface area contributed by atoms with Crippen LogP contribution in [0.3, 0.4) is 0 Å². The molecule has 0 radical (unpaired) electrons. The minimum absolute atomic E-state index is 0.0741. The van der Waals surface area contributed by atoms with E-state index in [0.717, 1.165) is 12.0 Å². The number of carbonyl (C=O) groups excluding carboxylic acids is 2. The number of Topliss-reactive ketones (excluding diaryl/α,β-unsaturated/α-hetero) is 1. The van der Waals surface area contributed by atoms with Crippen LogP contribution in [0.1, 0.15) is 57.9 Å². The molecule has 0 aliphatic rings. The number of aromatic nitrogens is 1. The molecule has 2 rings (SSSR count). The number of sulfonamides is 1. The summed E-state index contributed by atoms with van der Waals surface area (Å²) in [6.45, 7) is 5.54. The smallest absolute Gasteiger partial charge is 0.268 e. The van der Waals surface area contributed by atoms with Gasteiger partial charge in [-0.2, -0.15) is 0 Å². The summed E-state index contributed by atoms with van der Waals surface area (Å²) in [7, 11) is -2.56. The van der Waals surface area contributed by atoms with Crippen LogP contribution >= 0.6 is 0 Å². The summed E-state index contributed by atoms with van der Waals surface area (Å²) in [6, 6.07) is 4.69. The molecule has 1 aromatic heterocycles. The van der Waals surface area contributed by atoms with Gasteiger partial charge in [-0.3, -0.25) is 9.59 Å². The lowest BCUT2D eigenvalue weighted by molar-refractivity contribution is 0.0948. The van der Waals surface area contributed by atoms with Crippen LogP contribution < -0.4 is 15.2 Å². The highest BCUT2D eigenvalue weighted by Crippen LogP contribution is 2.24. The van der Waals surface area contributed by atoms with E-state index in [2.05, 4.69) is 10.3 Å². The molecule has 0 bridgehead atoms. The van der Waals surface area contributed by atoms with E-state index in [0.29, 0.717) is 35.4 Å². The Kier molecular flexibility index (Phi) is 7.21. The number of rotatable bonds is 9. The van der Waals surface area contributed by atoms with Gasteiger partial charge < -0.3 is 15.0 Å². The molecule has 0 saturated heterocycles. The summed E-state index contributed by atoms with van der Waals surface area (Å²) < 4.78 is 28.5. The number of hydrogen-bond donors (Lipinski definition) is 3. The van der Waals surface area contributed by atoms with Crippen molar-refractivity contribution in [1.29, 1.82) is 0 Å². The lowest BCUT2D eigenvalue weighted by atomic mass is 10.0. The molecule has 1 heterocycles. The second-order valence-corrected chi connectivity index (χ2v) is 8.35. The fourth-order valence-corrected chi connectivity index (χ4v) is 4.10. The molecule has 0 atom stereocenters. The van der Waals surface area contributed by atoms with Gasteiger partial charge in [0.2, 0.25) is 10.0 Å². The number of aryl methyl sites for hydroxylation is 1. The van der Waals surface area contributed by atoms with Crippen LogP contribution in [0.15, 0.2) is 23.1 Å². The Morgan fingerprint density at radius 1 is 1.24 bits per heavy atom. The van der Waals surface area contributed by atoms with Crippen molar-refractivity contribution in [1.82, 2.24) is 10.3 Å². The molecule has 2 aromatic rings. The summed E-state index contributed by atoms with van der Waals surface area (Å²) in [5.41, 5.74) is 3.07. The van der Waals surface area contributed by atoms with E-state index in [9.17, 15) is 18.0 Å². The number of nitrogens with two attached hydrogens (primary N) is 1. The Morgan fingerprint density at radius 2 is 1.93 bits per heavy atom. The van der Waals surface area contributed by atoms with Crippen molar-refractivity contribution >= 4 is 21.7 Å². The summed E-state index contributed by atoms with van der Waals surface area (Å²) in [4.78, 5) is 27.5. The second kappa shape index (κ2) is 9.23. The predicted octanol–water partition coefficient (Wildman–Crippen LogP) is 2.11. The normalized spacial score (nSPS) is 11.3. The number of H-pyrrole nitrogens is 1. The molecule has 0 saturated carbocycles. The zero-order chi connectivity index (χ0) is 21.8. The monoisotopic (exact) mass is 421 g/mol. The number of nitrogens with one attached hydrogen (secondary N) is 2. The third-order valence-corrected chi connectivity index (χ3v) is 5.54. The number of ether oxygens (including phenoxy) is 1. The van der Waals surface area contributed by atoms with Gasteiger partial charge in [0, 0.05) is 17.8 Å². The van der Waals surface area contributed by atoms with Crippen molar-refractivity contribution in [3.05, 3.63) is 46.3 Å². The van der Waals surface area contributed by atoms with Crippen LogP contribution in [0, 0.1) is 6.92 Å². The average Bonchev–Trinajstić information content (AvgIpc) is 2.97. The van der Waals surface area contributed by atoms with Crippen molar-refractivity contribution in [3.8, 4) is 5.75 Å². The summed E-state index contributed by atoms with van der Waals surface area (Å²) in [5, 5.41) is 8.05. The Balaban J connectivity index is 2.15. The Labute approximate surface area is 170 Å². The molecule has 1 amide bonds. The van der Waals surface area contributed by atoms with Crippen LogP contribution in [0.5, 0.6) is 5.75 Å². The van der Waals surface area contributed by atoms with Crippen LogP contribution in [0.25, 0.3) is 0 Å². The van der Waals surface area contributed by atoms with E-state index >= 15 is 0 Å². The molecular weight excluding hydrogens is 394 g/mol. The van der Waals surface area contributed by atoms with Gasteiger partial charge in [0.05, 0.1) is 7.11 Å². The highest BCUT2D eigenvalue weighted by Gasteiger charge is 2.22. The second-order valence-electron chi connectivity index (χ2n) is 6.82. The number of methoxy groups -OCH3 is 1. The van der Waals surface area contributed by atoms with Gasteiger partial charge in [-0.15, -0.1) is 0 Å². The molecule has 0 aliphatic carbocycles. The van der Waals surface area contributed by atoms with Crippen molar-refractivity contribution in [2.75, 3.05) is 13.7 Å². The Morgan fingerprint density at radius 3 is 2.48 bits per heavy atom. The van der Waals surface area contributed by atoms with Gasteiger partial charge in [-0.25, -0.2) is 13.6 Å². The largest absolute Gasteiger partial charge is 0.495 e. The standard InChI is InChI=1S/C20H27N3O5S/c1-5-6-15-18(13(3)24)12(2)23-19(15)20(25)22-10-9-14-7-8-16(28-4)17(11-14)29(21,26)27/h7-8,11,23H,5-6,9-10H2,1-4H3,(H,22,25)(H2,21,26,27). The highest BCUT2D eigenvalue weighted by atomic mass is 32.2. The van der Waals surface area contributed by atoms with E-state index in [1.54, 1.807) is 13.0 Å². The van der Waals surface area contributed by atoms with Gasteiger partial charge in [-0.05, 0) is 49.9 Å². The minimum Gasteiger partial charge on any atom is -0.495 e. The lowest BCUT2D eigenvalue weighted by Crippen LogP contribution is -2.27. The average molecular weight is 422 g/mol. The van der Waals surface area contributed by atoms with Crippen LogP contribution in [0.4, 0.5) is 0 Å². The van der Waals surface area contributed by atoms with E-state index in [1.807, 2.05) is 6.92 Å². The number of primary sulfonamides is 1. The Hall–Kier alpha value is -2.65. The number of benzene rings is 1. The third kappa shape index (κ3) is 5.24. The van der Waals surface area contributed by atoms with E-state index in [4.69, 9.17) is 9.88 Å². The molecular formula is C20H27N3O5S. The fraction of sp³-hybridized carbons (Fsp3) is 0.400.